The quantitative estimate of drug-likeness (QED) is 0.240. The van der Waals surface area contributed by atoms with Crippen LogP contribution < -0.4 is 5.32 Å². The molecule has 7 nitrogen and oxygen atoms in total. The van der Waals surface area contributed by atoms with Gasteiger partial charge in [-0.25, -0.2) is 9.37 Å². The van der Waals surface area contributed by atoms with Gasteiger partial charge in [-0.1, -0.05) is 36.4 Å². The van der Waals surface area contributed by atoms with Crippen LogP contribution in [0.2, 0.25) is 0 Å². The molecule has 0 unspecified atom stereocenters. The van der Waals surface area contributed by atoms with E-state index >= 15 is 0 Å². The lowest BCUT2D eigenvalue weighted by Crippen LogP contribution is -2.36. The molecule has 0 radical (unpaired) electrons. The summed E-state index contributed by atoms with van der Waals surface area (Å²) in [5.41, 5.74) is 2.19. The van der Waals surface area contributed by atoms with Gasteiger partial charge in [0, 0.05) is 29.7 Å². The van der Waals surface area contributed by atoms with Crippen LogP contribution in [0.5, 0.6) is 0 Å². The molecule has 2 aromatic carbocycles. The summed E-state index contributed by atoms with van der Waals surface area (Å²) in [7, 11) is 0. The second-order valence-corrected chi connectivity index (χ2v) is 8.48. The number of pyridine rings is 1. The maximum Gasteiger partial charge on any atom is 0.259 e. The Morgan fingerprint density at radius 3 is 2.63 bits per heavy atom. The van der Waals surface area contributed by atoms with E-state index in [-0.39, 0.29) is 23.3 Å². The van der Waals surface area contributed by atoms with Gasteiger partial charge in [0.05, 0.1) is 11.9 Å². The molecular formula is C27H27FN6O. The van der Waals surface area contributed by atoms with Gasteiger partial charge in [0.1, 0.15) is 17.3 Å². The van der Waals surface area contributed by atoms with Gasteiger partial charge in [0.15, 0.2) is 5.84 Å². The number of nitrogens with one attached hydrogen (secondary N) is 3. The summed E-state index contributed by atoms with van der Waals surface area (Å²) < 4.78 is 16.8. The SMILES string of the molecule is CC(C)N(C=N)C(=N)c1cccc(NC(=O)c2cc3c(ccn3CCc3ccccc3)cc2F)n1. The topological polar surface area (TPSA) is 97.9 Å². The monoisotopic (exact) mass is 470 g/mol. The molecule has 0 atom stereocenters. The highest BCUT2D eigenvalue weighted by atomic mass is 19.1. The van der Waals surface area contributed by atoms with E-state index in [0.29, 0.717) is 12.2 Å². The number of fused-ring (bicyclic) bond motifs is 1. The van der Waals surface area contributed by atoms with E-state index in [0.717, 1.165) is 23.7 Å². The van der Waals surface area contributed by atoms with E-state index in [4.69, 9.17) is 10.8 Å². The normalized spacial score (nSPS) is 11.0. The van der Waals surface area contributed by atoms with Gasteiger partial charge >= 0.3 is 0 Å². The highest BCUT2D eigenvalue weighted by Gasteiger charge is 2.18. The third kappa shape index (κ3) is 5.27. The van der Waals surface area contributed by atoms with Crippen LogP contribution in [0.3, 0.4) is 0 Å². The number of halogens is 1. The Balaban J connectivity index is 1.55. The zero-order chi connectivity index (χ0) is 24.9. The molecule has 1 amide bonds. The van der Waals surface area contributed by atoms with E-state index in [2.05, 4.69) is 22.4 Å². The number of rotatable bonds is 8. The van der Waals surface area contributed by atoms with Gasteiger partial charge in [-0.3, -0.25) is 15.6 Å². The maximum absolute atomic E-state index is 14.8. The first-order valence-corrected chi connectivity index (χ1v) is 11.4. The van der Waals surface area contributed by atoms with Crippen LogP contribution in [0.4, 0.5) is 10.2 Å². The van der Waals surface area contributed by atoms with Crippen molar-refractivity contribution in [2.45, 2.75) is 32.9 Å². The summed E-state index contributed by atoms with van der Waals surface area (Å²) in [5, 5.41) is 19.2. The molecule has 0 bridgehead atoms. The summed E-state index contributed by atoms with van der Waals surface area (Å²) in [6, 6.07) is 19.6. The number of hydrogen-bond acceptors (Lipinski definition) is 4. The summed E-state index contributed by atoms with van der Waals surface area (Å²) in [4.78, 5) is 18.7. The fourth-order valence-corrected chi connectivity index (χ4v) is 3.90. The third-order valence-corrected chi connectivity index (χ3v) is 5.78. The van der Waals surface area contributed by atoms with Crippen LogP contribution in [0.15, 0.2) is 72.9 Å². The van der Waals surface area contributed by atoms with Gasteiger partial charge in [0.2, 0.25) is 0 Å². The number of aromatic nitrogens is 2. The zero-order valence-corrected chi connectivity index (χ0v) is 19.6. The Bertz CT molecular complexity index is 1380. The number of amidine groups is 1. The van der Waals surface area contributed by atoms with E-state index < -0.39 is 11.7 Å². The molecule has 0 fully saturated rings. The molecule has 4 aromatic rings. The summed E-state index contributed by atoms with van der Waals surface area (Å²) in [6.45, 7) is 4.42. The number of aryl methyl sites for hydroxylation is 2. The molecule has 0 saturated heterocycles. The van der Waals surface area contributed by atoms with Crippen molar-refractivity contribution in [1.82, 2.24) is 14.5 Å². The Morgan fingerprint density at radius 2 is 1.91 bits per heavy atom. The molecule has 3 N–H and O–H groups in total. The molecule has 0 aliphatic rings. The van der Waals surface area contributed by atoms with Crippen molar-refractivity contribution in [1.29, 1.82) is 10.8 Å². The van der Waals surface area contributed by atoms with Gasteiger partial charge in [-0.05, 0) is 56.2 Å². The van der Waals surface area contributed by atoms with Crippen molar-refractivity contribution in [2.24, 2.45) is 0 Å². The second kappa shape index (κ2) is 10.3. The summed E-state index contributed by atoms with van der Waals surface area (Å²) in [5.74, 6) is -1.00. The molecule has 0 aliphatic carbocycles. The van der Waals surface area contributed by atoms with Gasteiger partial charge in [-0.2, -0.15) is 0 Å². The van der Waals surface area contributed by atoms with Crippen LogP contribution in [-0.4, -0.2) is 38.6 Å². The lowest BCUT2D eigenvalue weighted by Gasteiger charge is -2.23. The Labute approximate surface area is 203 Å². The minimum Gasteiger partial charge on any atom is -0.347 e. The molecule has 35 heavy (non-hydrogen) atoms. The Morgan fingerprint density at radius 1 is 1.14 bits per heavy atom. The molecular weight excluding hydrogens is 443 g/mol. The molecule has 0 saturated carbocycles. The average molecular weight is 471 g/mol. The minimum atomic E-state index is -0.621. The number of nitrogens with zero attached hydrogens (tertiary/aromatic N) is 3. The first-order chi connectivity index (χ1) is 16.9. The van der Waals surface area contributed by atoms with Gasteiger partial charge < -0.3 is 14.8 Å². The predicted molar refractivity (Wildman–Crippen MR) is 137 cm³/mol. The van der Waals surface area contributed by atoms with E-state index in [1.54, 1.807) is 24.3 Å². The second-order valence-electron chi connectivity index (χ2n) is 8.48. The van der Waals surface area contributed by atoms with Gasteiger partial charge in [0.25, 0.3) is 5.91 Å². The Hall–Kier alpha value is -4.33. The highest BCUT2D eigenvalue weighted by Crippen LogP contribution is 2.22. The fraction of sp³-hybridized carbons (Fsp3) is 0.185. The minimum absolute atomic E-state index is 0.0370. The number of amides is 1. The third-order valence-electron chi connectivity index (χ3n) is 5.78. The highest BCUT2D eigenvalue weighted by molar-refractivity contribution is 6.06. The fourth-order valence-electron chi connectivity index (χ4n) is 3.90. The van der Waals surface area contributed by atoms with Crippen LogP contribution in [0.1, 0.15) is 35.5 Å². The van der Waals surface area contributed by atoms with Crippen molar-refractivity contribution in [2.75, 3.05) is 5.32 Å². The standard InChI is InChI=1S/C27H27FN6O/c1-18(2)34(17-29)26(30)23-9-6-10-25(31-23)32-27(35)21-16-24-20(15-22(21)28)12-14-33(24)13-11-19-7-4-3-5-8-19/h3-10,12,14-18,29-30H,11,13H2,1-2H3,(H,31,32,35). The zero-order valence-electron chi connectivity index (χ0n) is 19.6. The number of carbonyl (C=O) groups is 1. The molecule has 2 aromatic heterocycles. The smallest absolute Gasteiger partial charge is 0.259 e. The molecule has 8 heteroatoms. The van der Waals surface area contributed by atoms with Crippen molar-refractivity contribution >= 4 is 34.8 Å². The predicted octanol–water partition coefficient (Wildman–Crippen LogP) is 5.31. The summed E-state index contributed by atoms with van der Waals surface area (Å²) in [6.07, 6.45) is 3.78. The van der Waals surface area contributed by atoms with Crippen LogP contribution in [0, 0.1) is 16.6 Å². The molecule has 0 aliphatic heterocycles. The maximum atomic E-state index is 14.8. The lowest BCUT2D eigenvalue weighted by atomic mass is 10.1. The first kappa shape index (κ1) is 23.8. The average Bonchev–Trinajstić information content (AvgIpc) is 3.24. The lowest BCUT2D eigenvalue weighted by molar-refractivity contribution is 0.102. The molecule has 0 spiro atoms. The number of anilines is 1. The van der Waals surface area contributed by atoms with Gasteiger partial charge in [-0.15, -0.1) is 0 Å². The molecule has 4 rings (SSSR count). The van der Waals surface area contributed by atoms with E-state index in [1.165, 1.54) is 16.5 Å². The number of hydrogen-bond donors (Lipinski definition) is 3. The van der Waals surface area contributed by atoms with E-state index in [9.17, 15) is 9.18 Å². The van der Waals surface area contributed by atoms with Crippen molar-refractivity contribution < 1.29 is 9.18 Å². The van der Waals surface area contributed by atoms with Crippen molar-refractivity contribution in [3.8, 4) is 0 Å². The van der Waals surface area contributed by atoms with Crippen molar-refractivity contribution in [3.63, 3.8) is 0 Å². The van der Waals surface area contributed by atoms with Crippen molar-refractivity contribution in [3.05, 3.63) is 95.6 Å². The number of benzene rings is 2. The van der Waals surface area contributed by atoms with E-state index in [1.807, 2.05) is 48.9 Å². The largest absolute Gasteiger partial charge is 0.347 e. The molecule has 2 heterocycles. The van der Waals surface area contributed by atoms with Crippen LogP contribution in [-0.2, 0) is 13.0 Å². The Kier molecular flexibility index (Phi) is 7.01. The van der Waals surface area contributed by atoms with Crippen LogP contribution >= 0.6 is 0 Å². The number of carbonyl (C=O) groups excluding carboxylic acids is 1. The van der Waals surface area contributed by atoms with Crippen LogP contribution in [0.25, 0.3) is 10.9 Å². The summed E-state index contributed by atoms with van der Waals surface area (Å²) >= 11 is 0. The molecule has 178 valence electrons. The first-order valence-electron chi connectivity index (χ1n) is 11.4.